The van der Waals surface area contributed by atoms with E-state index in [9.17, 15) is 9.59 Å². The SMILES string of the molecule is CC(=O)N1CCN(C(=O)c2sc(COc3ccc(Cl)cc3)nc2C)CC1. The van der Waals surface area contributed by atoms with Crippen molar-refractivity contribution in [2.75, 3.05) is 26.2 Å². The Morgan fingerprint density at radius 2 is 1.77 bits per heavy atom. The van der Waals surface area contributed by atoms with Gasteiger partial charge >= 0.3 is 0 Å². The number of benzene rings is 1. The smallest absolute Gasteiger partial charge is 0.265 e. The largest absolute Gasteiger partial charge is 0.486 e. The summed E-state index contributed by atoms with van der Waals surface area (Å²) < 4.78 is 5.70. The Hall–Kier alpha value is -2.12. The third kappa shape index (κ3) is 4.34. The van der Waals surface area contributed by atoms with Crippen LogP contribution >= 0.6 is 22.9 Å². The van der Waals surface area contributed by atoms with Crippen molar-refractivity contribution >= 4 is 34.8 Å². The molecular weight excluding hydrogens is 374 g/mol. The van der Waals surface area contributed by atoms with Crippen LogP contribution in [0.1, 0.15) is 27.3 Å². The Morgan fingerprint density at radius 1 is 1.15 bits per heavy atom. The fourth-order valence-electron chi connectivity index (χ4n) is 2.76. The molecule has 8 heteroatoms. The Kier molecular flexibility index (Phi) is 5.78. The molecule has 1 aromatic carbocycles. The molecule has 2 heterocycles. The predicted octanol–water partition coefficient (Wildman–Crippen LogP) is 2.99. The van der Waals surface area contributed by atoms with E-state index in [-0.39, 0.29) is 11.8 Å². The van der Waals surface area contributed by atoms with Gasteiger partial charge in [0.15, 0.2) is 0 Å². The van der Waals surface area contributed by atoms with Gasteiger partial charge in [-0.05, 0) is 31.2 Å². The van der Waals surface area contributed by atoms with Crippen molar-refractivity contribution in [2.24, 2.45) is 0 Å². The quantitative estimate of drug-likeness (QED) is 0.801. The molecule has 0 atom stereocenters. The van der Waals surface area contributed by atoms with Crippen molar-refractivity contribution in [1.82, 2.24) is 14.8 Å². The van der Waals surface area contributed by atoms with Crippen LogP contribution < -0.4 is 4.74 Å². The maximum absolute atomic E-state index is 12.8. The van der Waals surface area contributed by atoms with Crippen LogP contribution in [-0.2, 0) is 11.4 Å². The number of ether oxygens (including phenoxy) is 1. The van der Waals surface area contributed by atoms with E-state index in [0.717, 1.165) is 5.01 Å². The minimum Gasteiger partial charge on any atom is -0.486 e. The van der Waals surface area contributed by atoms with E-state index in [0.29, 0.717) is 54.1 Å². The molecule has 0 N–H and O–H groups in total. The van der Waals surface area contributed by atoms with Crippen LogP contribution in [0.4, 0.5) is 0 Å². The van der Waals surface area contributed by atoms with E-state index < -0.39 is 0 Å². The first-order valence-electron chi connectivity index (χ1n) is 8.33. The van der Waals surface area contributed by atoms with Crippen LogP contribution in [0.15, 0.2) is 24.3 Å². The van der Waals surface area contributed by atoms with E-state index in [4.69, 9.17) is 16.3 Å². The molecule has 0 bridgehead atoms. The van der Waals surface area contributed by atoms with E-state index in [1.165, 1.54) is 11.3 Å². The molecule has 1 aliphatic rings. The molecule has 3 rings (SSSR count). The number of carbonyl (C=O) groups is 2. The molecule has 1 aromatic heterocycles. The van der Waals surface area contributed by atoms with Crippen molar-refractivity contribution in [3.8, 4) is 5.75 Å². The van der Waals surface area contributed by atoms with Crippen LogP contribution in [0.25, 0.3) is 0 Å². The molecule has 2 aromatic rings. The molecular formula is C18H20ClN3O3S. The van der Waals surface area contributed by atoms with Crippen molar-refractivity contribution in [2.45, 2.75) is 20.5 Å². The molecule has 1 fully saturated rings. The number of hydrogen-bond donors (Lipinski definition) is 0. The highest BCUT2D eigenvalue weighted by molar-refractivity contribution is 7.13. The van der Waals surface area contributed by atoms with Gasteiger partial charge in [-0.15, -0.1) is 11.3 Å². The Labute approximate surface area is 161 Å². The zero-order chi connectivity index (χ0) is 18.7. The highest BCUT2D eigenvalue weighted by Crippen LogP contribution is 2.23. The minimum absolute atomic E-state index is 0.0269. The standard InChI is InChI=1S/C18H20ClN3O3S/c1-12-17(18(24)22-9-7-21(8-10-22)13(2)23)26-16(20-12)11-25-15-5-3-14(19)4-6-15/h3-6H,7-11H2,1-2H3. The lowest BCUT2D eigenvalue weighted by Crippen LogP contribution is -2.50. The maximum atomic E-state index is 12.8. The first-order valence-corrected chi connectivity index (χ1v) is 9.53. The van der Waals surface area contributed by atoms with Crippen LogP contribution in [0.5, 0.6) is 5.75 Å². The normalized spacial score (nSPS) is 14.4. The number of nitrogens with zero attached hydrogens (tertiary/aromatic N) is 3. The van der Waals surface area contributed by atoms with Crippen LogP contribution in [0, 0.1) is 6.92 Å². The van der Waals surface area contributed by atoms with E-state index in [1.54, 1.807) is 41.0 Å². The van der Waals surface area contributed by atoms with Gasteiger partial charge in [0.05, 0.1) is 5.69 Å². The van der Waals surface area contributed by atoms with E-state index in [2.05, 4.69) is 4.98 Å². The molecule has 1 saturated heterocycles. The Bertz CT molecular complexity index is 799. The topological polar surface area (TPSA) is 62.7 Å². The fraction of sp³-hybridized carbons (Fsp3) is 0.389. The summed E-state index contributed by atoms with van der Waals surface area (Å²) in [7, 11) is 0. The summed E-state index contributed by atoms with van der Waals surface area (Å²) in [5, 5.41) is 1.41. The summed E-state index contributed by atoms with van der Waals surface area (Å²) >= 11 is 7.22. The second-order valence-electron chi connectivity index (χ2n) is 6.06. The number of rotatable bonds is 4. The van der Waals surface area contributed by atoms with Gasteiger partial charge in [0.25, 0.3) is 5.91 Å². The number of halogens is 1. The monoisotopic (exact) mass is 393 g/mol. The summed E-state index contributed by atoms with van der Waals surface area (Å²) in [6, 6.07) is 7.12. The molecule has 0 saturated carbocycles. The number of piperazine rings is 1. The molecule has 0 radical (unpaired) electrons. The van der Waals surface area contributed by atoms with Gasteiger partial charge in [0, 0.05) is 38.1 Å². The lowest BCUT2D eigenvalue weighted by Gasteiger charge is -2.34. The van der Waals surface area contributed by atoms with Gasteiger partial charge in [-0.3, -0.25) is 9.59 Å². The molecule has 2 amide bonds. The number of amides is 2. The lowest BCUT2D eigenvalue weighted by molar-refractivity contribution is -0.130. The molecule has 0 unspecified atom stereocenters. The third-order valence-corrected chi connectivity index (χ3v) is 5.59. The zero-order valence-corrected chi connectivity index (χ0v) is 16.3. The van der Waals surface area contributed by atoms with Crippen molar-refractivity contribution in [1.29, 1.82) is 0 Å². The molecule has 138 valence electrons. The first-order chi connectivity index (χ1) is 12.4. The Morgan fingerprint density at radius 3 is 2.38 bits per heavy atom. The average molecular weight is 394 g/mol. The van der Waals surface area contributed by atoms with E-state index in [1.807, 2.05) is 6.92 Å². The molecule has 26 heavy (non-hydrogen) atoms. The van der Waals surface area contributed by atoms with Gasteiger partial charge < -0.3 is 14.5 Å². The highest BCUT2D eigenvalue weighted by atomic mass is 35.5. The average Bonchev–Trinajstić information content (AvgIpc) is 3.01. The molecule has 6 nitrogen and oxygen atoms in total. The van der Waals surface area contributed by atoms with Gasteiger partial charge in [0.1, 0.15) is 22.2 Å². The highest BCUT2D eigenvalue weighted by Gasteiger charge is 2.26. The molecule has 1 aliphatic heterocycles. The Balaban J connectivity index is 1.61. The van der Waals surface area contributed by atoms with Crippen LogP contribution in [-0.4, -0.2) is 52.8 Å². The van der Waals surface area contributed by atoms with Gasteiger partial charge in [0.2, 0.25) is 5.91 Å². The number of thiazole rings is 1. The van der Waals surface area contributed by atoms with Gasteiger partial charge in [-0.25, -0.2) is 4.98 Å². The van der Waals surface area contributed by atoms with Crippen LogP contribution in [0.3, 0.4) is 0 Å². The molecule has 0 spiro atoms. The van der Waals surface area contributed by atoms with E-state index >= 15 is 0 Å². The van der Waals surface area contributed by atoms with Gasteiger partial charge in [-0.2, -0.15) is 0 Å². The van der Waals surface area contributed by atoms with Crippen molar-refractivity contribution in [3.05, 3.63) is 44.9 Å². The summed E-state index contributed by atoms with van der Waals surface area (Å²) in [4.78, 5) is 32.8. The predicted molar refractivity (Wildman–Crippen MR) is 101 cm³/mol. The first kappa shape index (κ1) is 18.7. The molecule has 0 aliphatic carbocycles. The number of carbonyl (C=O) groups excluding carboxylic acids is 2. The summed E-state index contributed by atoms with van der Waals surface area (Å²) in [6.45, 7) is 5.94. The second-order valence-corrected chi connectivity index (χ2v) is 7.58. The summed E-state index contributed by atoms with van der Waals surface area (Å²) in [6.07, 6.45) is 0. The second kappa shape index (κ2) is 8.05. The van der Waals surface area contributed by atoms with Crippen molar-refractivity contribution < 1.29 is 14.3 Å². The number of aromatic nitrogens is 1. The summed E-state index contributed by atoms with van der Waals surface area (Å²) in [5.74, 6) is 0.726. The number of aryl methyl sites for hydroxylation is 1. The zero-order valence-electron chi connectivity index (χ0n) is 14.7. The number of hydrogen-bond acceptors (Lipinski definition) is 5. The summed E-state index contributed by atoms with van der Waals surface area (Å²) in [5.41, 5.74) is 0.712. The maximum Gasteiger partial charge on any atom is 0.265 e. The minimum atomic E-state index is -0.0269. The third-order valence-electron chi connectivity index (χ3n) is 4.22. The lowest BCUT2D eigenvalue weighted by atomic mass is 10.2. The van der Waals surface area contributed by atoms with Gasteiger partial charge in [-0.1, -0.05) is 11.6 Å². The van der Waals surface area contributed by atoms with Crippen molar-refractivity contribution in [3.63, 3.8) is 0 Å². The fourth-order valence-corrected chi connectivity index (χ4v) is 3.83. The van der Waals surface area contributed by atoms with Crippen LogP contribution in [0.2, 0.25) is 5.02 Å².